The molecule has 0 radical (unpaired) electrons. The summed E-state index contributed by atoms with van der Waals surface area (Å²) in [5.74, 6) is 0.581. The Bertz CT molecular complexity index is 1170. The van der Waals surface area contributed by atoms with Gasteiger partial charge in [0.1, 0.15) is 36.2 Å². The molecule has 0 N–H and O–H groups in total. The highest BCUT2D eigenvalue weighted by Gasteiger charge is 2.56. The van der Waals surface area contributed by atoms with Crippen molar-refractivity contribution in [3.8, 4) is 23.0 Å². The molecule has 0 saturated heterocycles. The molecule has 3 aromatic rings. The van der Waals surface area contributed by atoms with Crippen molar-refractivity contribution in [3.05, 3.63) is 83.4 Å². The number of Topliss-reactive ketones (excluding diaryl/α,β-unsaturated/α-hetero) is 1. The Morgan fingerprint density at radius 2 is 1.55 bits per heavy atom. The molecule has 4 rings (SSSR count). The Kier molecular flexibility index (Phi) is 6.22. The van der Waals surface area contributed by atoms with Crippen molar-refractivity contribution in [2.45, 2.75) is 12.0 Å². The van der Waals surface area contributed by atoms with Crippen molar-refractivity contribution < 1.29 is 33.3 Å². The lowest BCUT2D eigenvalue weighted by Crippen LogP contribution is -2.51. The van der Waals surface area contributed by atoms with Crippen LogP contribution in [0.3, 0.4) is 0 Å². The zero-order valence-corrected chi connectivity index (χ0v) is 18.6. The van der Waals surface area contributed by atoms with Gasteiger partial charge in [0.15, 0.2) is 11.2 Å². The molecule has 0 saturated carbocycles. The van der Waals surface area contributed by atoms with E-state index < -0.39 is 17.2 Å². The molecule has 1 aliphatic heterocycles. The molecule has 1 atom stereocenters. The highest BCUT2D eigenvalue weighted by molar-refractivity contribution is 6.15. The van der Waals surface area contributed by atoms with Crippen molar-refractivity contribution >= 4 is 11.8 Å². The number of ether oxygens (including phenoxy) is 5. The summed E-state index contributed by atoms with van der Waals surface area (Å²) in [7, 11) is 4.53. The maximum Gasteiger partial charge on any atom is 0.329 e. The molecule has 0 fully saturated rings. The van der Waals surface area contributed by atoms with Gasteiger partial charge >= 0.3 is 5.97 Å². The Hall–Kier alpha value is -4.00. The number of hydrogen-bond donors (Lipinski definition) is 0. The first-order valence-electron chi connectivity index (χ1n) is 10.3. The summed E-state index contributed by atoms with van der Waals surface area (Å²) in [6.45, 7) is -0.296. The number of hydrogen-bond acceptors (Lipinski definition) is 7. The van der Waals surface area contributed by atoms with Crippen LogP contribution in [0.2, 0.25) is 0 Å². The molecule has 1 unspecified atom stereocenters. The van der Waals surface area contributed by atoms with Gasteiger partial charge in [-0.25, -0.2) is 0 Å². The van der Waals surface area contributed by atoms with Crippen LogP contribution in [-0.2, 0) is 26.3 Å². The fourth-order valence-corrected chi connectivity index (χ4v) is 4.03. The summed E-state index contributed by atoms with van der Waals surface area (Å²) in [5.41, 5.74) is -0.270. The summed E-state index contributed by atoms with van der Waals surface area (Å²) < 4.78 is 27.6. The number of fused-ring (bicyclic) bond motifs is 1. The first-order chi connectivity index (χ1) is 16.0. The van der Waals surface area contributed by atoms with Gasteiger partial charge in [0.05, 0.1) is 21.3 Å². The first kappa shape index (κ1) is 22.2. The first-order valence-corrected chi connectivity index (χ1v) is 10.3. The number of carbonyl (C=O) groups is 2. The van der Waals surface area contributed by atoms with Gasteiger partial charge in [-0.2, -0.15) is 0 Å². The second-order valence-corrected chi connectivity index (χ2v) is 7.45. The number of esters is 1. The van der Waals surface area contributed by atoms with Crippen molar-refractivity contribution in [1.82, 2.24) is 0 Å². The molecule has 33 heavy (non-hydrogen) atoms. The topological polar surface area (TPSA) is 80.3 Å². The molecule has 0 aliphatic carbocycles. The molecule has 1 heterocycles. The standard InChI is InChI=1S/C26H24O7/c1-29-18-9-11-20(22(13-18)31-3)26(25(28)33-15-17-7-5-4-6-8-17)21-12-10-19(30-2)14-23(21)32-16-24(26)27/h4-14H,15-16H2,1-3H3. The van der Waals surface area contributed by atoms with E-state index >= 15 is 0 Å². The highest BCUT2D eigenvalue weighted by Crippen LogP contribution is 2.47. The molecule has 0 bridgehead atoms. The average Bonchev–Trinajstić information content (AvgIpc) is 2.87. The van der Waals surface area contributed by atoms with Crippen LogP contribution in [0.1, 0.15) is 16.7 Å². The van der Waals surface area contributed by atoms with Gasteiger partial charge in [0.25, 0.3) is 0 Å². The lowest BCUT2D eigenvalue weighted by Gasteiger charge is -2.36. The minimum absolute atomic E-state index is 0.0134. The molecule has 7 nitrogen and oxygen atoms in total. The van der Waals surface area contributed by atoms with Gasteiger partial charge in [0.2, 0.25) is 0 Å². The van der Waals surface area contributed by atoms with Gasteiger partial charge in [0, 0.05) is 23.3 Å². The maximum atomic E-state index is 13.8. The van der Waals surface area contributed by atoms with Crippen molar-refractivity contribution in [1.29, 1.82) is 0 Å². The van der Waals surface area contributed by atoms with E-state index in [2.05, 4.69) is 0 Å². The van der Waals surface area contributed by atoms with E-state index in [-0.39, 0.29) is 13.2 Å². The Morgan fingerprint density at radius 1 is 0.879 bits per heavy atom. The zero-order chi connectivity index (χ0) is 23.4. The van der Waals surface area contributed by atoms with Crippen LogP contribution in [0.25, 0.3) is 0 Å². The predicted octanol–water partition coefficient (Wildman–Crippen LogP) is 3.70. The van der Waals surface area contributed by atoms with Crippen molar-refractivity contribution in [2.24, 2.45) is 0 Å². The van der Waals surface area contributed by atoms with E-state index in [0.29, 0.717) is 34.1 Å². The second kappa shape index (κ2) is 9.24. The van der Waals surface area contributed by atoms with Crippen LogP contribution < -0.4 is 18.9 Å². The Balaban J connectivity index is 1.90. The van der Waals surface area contributed by atoms with Gasteiger partial charge in [-0.3, -0.25) is 9.59 Å². The molecule has 0 amide bonds. The number of benzene rings is 3. The summed E-state index contributed by atoms with van der Waals surface area (Å²) in [6.07, 6.45) is 0. The summed E-state index contributed by atoms with van der Waals surface area (Å²) in [4.78, 5) is 27.4. The van der Waals surface area contributed by atoms with Crippen LogP contribution >= 0.6 is 0 Å². The van der Waals surface area contributed by atoms with Crippen LogP contribution in [0.4, 0.5) is 0 Å². The largest absolute Gasteiger partial charge is 0.497 e. The van der Waals surface area contributed by atoms with Crippen LogP contribution in [0, 0.1) is 0 Å². The summed E-state index contributed by atoms with van der Waals surface area (Å²) in [5, 5.41) is 0. The van der Waals surface area contributed by atoms with Crippen molar-refractivity contribution in [3.63, 3.8) is 0 Å². The van der Waals surface area contributed by atoms with E-state index in [1.165, 1.54) is 21.3 Å². The van der Waals surface area contributed by atoms with E-state index in [0.717, 1.165) is 5.56 Å². The third-order valence-electron chi connectivity index (χ3n) is 5.70. The third-order valence-corrected chi connectivity index (χ3v) is 5.70. The van der Waals surface area contributed by atoms with E-state index in [1.807, 2.05) is 30.3 Å². The second-order valence-electron chi connectivity index (χ2n) is 7.45. The quantitative estimate of drug-likeness (QED) is 0.403. The predicted molar refractivity (Wildman–Crippen MR) is 120 cm³/mol. The smallest absolute Gasteiger partial charge is 0.329 e. The molecule has 3 aromatic carbocycles. The number of ketones is 1. The number of carbonyl (C=O) groups excluding carboxylic acids is 2. The maximum absolute atomic E-state index is 13.8. The van der Waals surface area contributed by atoms with Gasteiger partial charge in [-0.1, -0.05) is 30.3 Å². The van der Waals surface area contributed by atoms with Crippen LogP contribution in [-0.4, -0.2) is 39.7 Å². The van der Waals surface area contributed by atoms with Crippen LogP contribution in [0.5, 0.6) is 23.0 Å². The number of methoxy groups -OCH3 is 3. The van der Waals surface area contributed by atoms with E-state index in [1.54, 1.807) is 36.4 Å². The van der Waals surface area contributed by atoms with Crippen molar-refractivity contribution in [2.75, 3.05) is 27.9 Å². The lowest BCUT2D eigenvalue weighted by atomic mass is 9.69. The van der Waals surface area contributed by atoms with Gasteiger partial charge in [-0.15, -0.1) is 0 Å². The van der Waals surface area contributed by atoms with Crippen LogP contribution in [0.15, 0.2) is 66.7 Å². The molecular weight excluding hydrogens is 424 g/mol. The zero-order valence-electron chi connectivity index (χ0n) is 18.6. The Labute approximate surface area is 191 Å². The van der Waals surface area contributed by atoms with Gasteiger partial charge in [-0.05, 0) is 29.8 Å². The number of rotatable bonds is 7. The monoisotopic (exact) mass is 448 g/mol. The minimum atomic E-state index is -1.79. The molecule has 7 heteroatoms. The lowest BCUT2D eigenvalue weighted by molar-refractivity contribution is -0.155. The third kappa shape index (κ3) is 3.86. The fraction of sp³-hybridized carbons (Fsp3) is 0.231. The van der Waals surface area contributed by atoms with E-state index in [4.69, 9.17) is 23.7 Å². The van der Waals surface area contributed by atoms with Gasteiger partial charge < -0.3 is 23.7 Å². The highest BCUT2D eigenvalue weighted by atomic mass is 16.5. The molecule has 0 spiro atoms. The molecular formula is C26H24O7. The molecule has 0 aromatic heterocycles. The fourth-order valence-electron chi connectivity index (χ4n) is 4.03. The van der Waals surface area contributed by atoms with E-state index in [9.17, 15) is 9.59 Å². The molecule has 1 aliphatic rings. The summed E-state index contributed by atoms with van der Waals surface area (Å²) in [6, 6.07) is 19.2. The normalized spacial score (nSPS) is 16.9. The Morgan fingerprint density at radius 3 is 2.21 bits per heavy atom. The minimum Gasteiger partial charge on any atom is -0.497 e. The SMILES string of the molecule is COc1ccc(C2(C(=O)OCc3ccccc3)C(=O)COc3cc(OC)ccc32)c(OC)c1. The summed E-state index contributed by atoms with van der Waals surface area (Å²) >= 11 is 0. The average molecular weight is 448 g/mol. The molecule has 170 valence electrons.